The molecule has 4 heteroatoms. The number of carbonyl (C=O) groups excluding carboxylic acids is 2. The Bertz CT molecular complexity index is 773. The number of esters is 2. The third-order valence-corrected chi connectivity index (χ3v) is 13.5. The van der Waals surface area contributed by atoms with E-state index in [1.807, 2.05) is 0 Å². The maximum atomic E-state index is 12.1. The zero-order chi connectivity index (χ0) is 44.8. The lowest BCUT2D eigenvalue weighted by molar-refractivity contribution is -0.144. The minimum absolute atomic E-state index is 0.0169. The van der Waals surface area contributed by atoms with E-state index in [0.29, 0.717) is 26.1 Å². The number of ether oxygens (including phenoxy) is 2. The smallest absolute Gasteiger partial charge is 0.305 e. The highest BCUT2D eigenvalue weighted by atomic mass is 16.5. The summed E-state index contributed by atoms with van der Waals surface area (Å²) < 4.78 is 11.0. The molecule has 0 aliphatic carbocycles. The lowest BCUT2D eigenvalue weighted by atomic mass is 10.0. The van der Waals surface area contributed by atoms with Gasteiger partial charge in [-0.1, -0.05) is 309 Å². The van der Waals surface area contributed by atoms with Crippen LogP contribution in [-0.4, -0.2) is 25.2 Å². The van der Waals surface area contributed by atoms with Crippen LogP contribution >= 0.6 is 0 Å². The molecule has 0 saturated carbocycles. The average Bonchev–Trinajstić information content (AvgIpc) is 3.27. The standard InChI is InChI=1S/C58H114O4/c1-3-5-7-9-11-13-15-17-19-21-23-25-29-33-37-41-45-49-53-57(59)61-55-51-47-43-39-35-31-27-28-32-36-40-44-48-52-56-62-58(60)54-50-46-42-38-34-30-26-24-22-20-18-16-14-12-10-8-6-4-2/h3-56H2,1-2H3. The van der Waals surface area contributed by atoms with Crippen molar-refractivity contribution in [2.24, 2.45) is 0 Å². The number of rotatable bonds is 55. The first-order valence-corrected chi connectivity index (χ1v) is 29.0. The third kappa shape index (κ3) is 55.1. The van der Waals surface area contributed by atoms with E-state index in [9.17, 15) is 9.59 Å². The maximum absolute atomic E-state index is 12.1. The van der Waals surface area contributed by atoms with Crippen molar-refractivity contribution >= 4 is 11.9 Å². The van der Waals surface area contributed by atoms with Gasteiger partial charge in [0.05, 0.1) is 13.2 Å². The fourth-order valence-electron chi connectivity index (χ4n) is 9.18. The Hall–Kier alpha value is -1.06. The van der Waals surface area contributed by atoms with E-state index in [4.69, 9.17) is 9.47 Å². The van der Waals surface area contributed by atoms with Gasteiger partial charge in [0.1, 0.15) is 0 Å². The van der Waals surface area contributed by atoms with Crippen LogP contribution in [0.3, 0.4) is 0 Å². The molecule has 0 atom stereocenters. The summed E-state index contributed by atoms with van der Waals surface area (Å²) in [5.41, 5.74) is 0. The van der Waals surface area contributed by atoms with E-state index in [0.717, 1.165) is 25.7 Å². The number of unbranched alkanes of at least 4 members (excludes halogenated alkanes) is 47. The monoisotopic (exact) mass is 875 g/mol. The van der Waals surface area contributed by atoms with Crippen LogP contribution in [0.15, 0.2) is 0 Å². The highest BCUT2D eigenvalue weighted by Gasteiger charge is 2.05. The van der Waals surface area contributed by atoms with E-state index in [2.05, 4.69) is 13.8 Å². The van der Waals surface area contributed by atoms with Crippen LogP contribution in [0, 0.1) is 0 Å². The van der Waals surface area contributed by atoms with E-state index in [1.165, 1.54) is 295 Å². The molecule has 370 valence electrons. The molecule has 0 unspecified atom stereocenters. The summed E-state index contributed by atoms with van der Waals surface area (Å²) in [7, 11) is 0. The molecule has 0 aliphatic heterocycles. The molecular weight excluding hydrogens is 761 g/mol. The van der Waals surface area contributed by atoms with Gasteiger partial charge in [0.2, 0.25) is 0 Å². The summed E-state index contributed by atoms with van der Waals surface area (Å²) in [6.07, 6.45) is 68.4. The van der Waals surface area contributed by atoms with Gasteiger partial charge in [-0.2, -0.15) is 0 Å². The van der Waals surface area contributed by atoms with Gasteiger partial charge in [-0.25, -0.2) is 0 Å². The van der Waals surface area contributed by atoms with Gasteiger partial charge in [-0.3, -0.25) is 9.59 Å². The second-order valence-corrected chi connectivity index (χ2v) is 19.9. The number of hydrogen-bond acceptors (Lipinski definition) is 4. The lowest BCUT2D eigenvalue weighted by Gasteiger charge is -2.06. The molecule has 0 fully saturated rings. The maximum Gasteiger partial charge on any atom is 0.305 e. The van der Waals surface area contributed by atoms with Crippen LogP contribution in [0.5, 0.6) is 0 Å². The van der Waals surface area contributed by atoms with Gasteiger partial charge in [0.25, 0.3) is 0 Å². The first kappa shape index (κ1) is 60.9. The summed E-state index contributed by atoms with van der Waals surface area (Å²) >= 11 is 0. The van der Waals surface area contributed by atoms with Crippen LogP contribution in [0.2, 0.25) is 0 Å². The van der Waals surface area contributed by atoms with Gasteiger partial charge < -0.3 is 9.47 Å². The summed E-state index contributed by atoms with van der Waals surface area (Å²) in [6.45, 7) is 5.82. The Morgan fingerprint density at radius 3 is 0.532 bits per heavy atom. The molecule has 4 nitrogen and oxygen atoms in total. The predicted octanol–water partition coefficient (Wildman–Crippen LogP) is 20.4. The summed E-state index contributed by atoms with van der Waals surface area (Å²) in [4.78, 5) is 24.1. The molecule has 0 aromatic carbocycles. The Kier molecular flexibility index (Phi) is 55.1. The molecule has 0 aliphatic rings. The number of carbonyl (C=O) groups is 2. The fourth-order valence-corrected chi connectivity index (χ4v) is 9.18. The van der Waals surface area contributed by atoms with Gasteiger partial charge >= 0.3 is 11.9 Å². The third-order valence-electron chi connectivity index (χ3n) is 13.5. The van der Waals surface area contributed by atoms with E-state index < -0.39 is 0 Å². The van der Waals surface area contributed by atoms with Crippen molar-refractivity contribution in [2.75, 3.05) is 13.2 Å². The Balaban J connectivity index is 3.20. The zero-order valence-corrected chi connectivity index (χ0v) is 42.8. The van der Waals surface area contributed by atoms with Crippen LogP contribution in [-0.2, 0) is 19.1 Å². The molecule has 0 spiro atoms. The van der Waals surface area contributed by atoms with Gasteiger partial charge in [-0.05, 0) is 25.7 Å². The lowest BCUT2D eigenvalue weighted by Crippen LogP contribution is -2.05. The number of hydrogen-bond donors (Lipinski definition) is 0. The molecular formula is C58H114O4. The normalized spacial score (nSPS) is 11.5. The summed E-state index contributed by atoms with van der Waals surface area (Å²) in [5.74, 6) is 0.0339. The van der Waals surface area contributed by atoms with Crippen LogP contribution in [0.4, 0.5) is 0 Å². The molecule has 0 heterocycles. The molecule has 0 rings (SSSR count). The average molecular weight is 876 g/mol. The first-order valence-electron chi connectivity index (χ1n) is 29.0. The Morgan fingerprint density at radius 1 is 0.210 bits per heavy atom. The topological polar surface area (TPSA) is 52.6 Å². The molecule has 0 aromatic heterocycles. The molecule has 0 N–H and O–H groups in total. The Labute approximate surface area is 390 Å². The van der Waals surface area contributed by atoms with Crippen molar-refractivity contribution in [1.29, 1.82) is 0 Å². The van der Waals surface area contributed by atoms with Crippen molar-refractivity contribution in [3.8, 4) is 0 Å². The summed E-state index contributed by atoms with van der Waals surface area (Å²) in [5, 5.41) is 0. The molecule has 0 amide bonds. The van der Waals surface area contributed by atoms with Crippen LogP contribution in [0.25, 0.3) is 0 Å². The SMILES string of the molecule is CCCCCCCCCCCCCCCCCCCCC(=O)OCCCCCCCCCCCCCCCCOC(=O)CCCCCCCCCCCCCCCCCCCC. The van der Waals surface area contributed by atoms with E-state index in [1.54, 1.807) is 0 Å². The second-order valence-electron chi connectivity index (χ2n) is 19.9. The van der Waals surface area contributed by atoms with E-state index in [-0.39, 0.29) is 11.9 Å². The van der Waals surface area contributed by atoms with Gasteiger partial charge in [0.15, 0.2) is 0 Å². The van der Waals surface area contributed by atoms with Crippen molar-refractivity contribution in [3.63, 3.8) is 0 Å². The highest BCUT2D eigenvalue weighted by molar-refractivity contribution is 5.69. The van der Waals surface area contributed by atoms with Crippen molar-refractivity contribution < 1.29 is 19.1 Å². The summed E-state index contributed by atoms with van der Waals surface area (Å²) in [6, 6.07) is 0. The Morgan fingerprint density at radius 2 is 0.355 bits per heavy atom. The van der Waals surface area contributed by atoms with Crippen molar-refractivity contribution in [1.82, 2.24) is 0 Å². The molecule has 0 aromatic rings. The molecule has 0 radical (unpaired) electrons. The van der Waals surface area contributed by atoms with Gasteiger partial charge in [-0.15, -0.1) is 0 Å². The minimum atomic E-state index is 0.0169. The van der Waals surface area contributed by atoms with Crippen molar-refractivity contribution in [3.05, 3.63) is 0 Å². The molecule has 0 saturated heterocycles. The second kappa shape index (κ2) is 56.1. The highest BCUT2D eigenvalue weighted by Crippen LogP contribution is 2.18. The van der Waals surface area contributed by atoms with E-state index >= 15 is 0 Å². The molecule has 0 bridgehead atoms. The van der Waals surface area contributed by atoms with Gasteiger partial charge in [0, 0.05) is 12.8 Å². The molecule has 62 heavy (non-hydrogen) atoms. The first-order chi connectivity index (χ1) is 30.7. The quantitative estimate of drug-likeness (QED) is 0.0451. The zero-order valence-electron chi connectivity index (χ0n) is 42.8. The fraction of sp³-hybridized carbons (Fsp3) is 0.966. The van der Waals surface area contributed by atoms with Crippen LogP contribution < -0.4 is 0 Å². The van der Waals surface area contributed by atoms with Crippen molar-refractivity contribution in [2.45, 2.75) is 348 Å². The minimum Gasteiger partial charge on any atom is -0.466 e. The largest absolute Gasteiger partial charge is 0.466 e. The van der Waals surface area contributed by atoms with Crippen LogP contribution in [0.1, 0.15) is 348 Å². The predicted molar refractivity (Wildman–Crippen MR) is 273 cm³/mol.